The normalized spacial score (nSPS) is 19.9. The Kier molecular flexibility index (Phi) is 6.23. The van der Waals surface area contributed by atoms with Crippen LogP contribution in [0.3, 0.4) is 0 Å². The summed E-state index contributed by atoms with van der Waals surface area (Å²) in [7, 11) is -7.07. The van der Waals surface area contributed by atoms with Gasteiger partial charge in [-0.15, -0.1) is 0 Å². The first-order chi connectivity index (χ1) is 11.7. The maximum absolute atomic E-state index is 12.9. The molecule has 1 atom stereocenters. The van der Waals surface area contributed by atoms with Crippen LogP contribution in [0, 0.1) is 0 Å². The van der Waals surface area contributed by atoms with Gasteiger partial charge in [-0.05, 0) is 31.0 Å². The molecular formula is C16H24N2O5S2. The second-order valence-electron chi connectivity index (χ2n) is 6.05. The van der Waals surface area contributed by atoms with E-state index in [2.05, 4.69) is 5.32 Å². The molecule has 7 nitrogen and oxygen atoms in total. The molecule has 0 radical (unpaired) electrons. The van der Waals surface area contributed by atoms with Crippen LogP contribution in [0.15, 0.2) is 29.2 Å². The van der Waals surface area contributed by atoms with Gasteiger partial charge < -0.3 is 5.32 Å². The van der Waals surface area contributed by atoms with E-state index < -0.39 is 25.9 Å². The Morgan fingerprint density at radius 2 is 2.04 bits per heavy atom. The highest BCUT2D eigenvalue weighted by Gasteiger charge is 2.38. The predicted octanol–water partition coefficient (Wildman–Crippen LogP) is 1.02. The van der Waals surface area contributed by atoms with Gasteiger partial charge in [0, 0.05) is 24.7 Å². The molecular weight excluding hydrogens is 364 g/mol. The summed E-state index contributed by atoms with van der Waals surface area (Å²) in [4.78, 5) is 12.1. The molecule has 0 aromatic heterocycles. The molecule has 9 heteroatoms. The van der Waals surface area contributed by atoms with Gasteiger partial charge in [0.15, 0.2) is 9.84 Å². The monoisotopic (exact) mass is 388 g/mol. The van der Waals surface area contributed by atoms with Crippen LogP contribution in [-0.4, -0.2) is 57.7 Å². The topological polar surface area (TPSA) is 101 Å². The number of carbonyl (C=O) groups is 1. The zero-order valence-corrected chi connectivity index (χ0v) is 16.1. The Morgan fingerprint density at radius 1 is 1.32 bits per heavy atom. The van der Waals surface area contributed by atoms with Crippen LogP contribution in [0.5, 0.6) is 0 Å². The van der Waals surface area contributed by atoms with Crippen molar-refractivity contribution >= 4 is 25.8 Å². The summed E-state index contributed by atoms with van der Waals surface area (Å²) in [5.74, 6) is -0.481. The number of hydrogen-bond donors (Lipinski definition) is 1. The molecule has 1 heterocycles. The summed E-state index contributed by atoms with van der Waals surface area (Å²) >= 11 is 0. The van der Waals surface area contributed by atoms with Gasteiger partial charge in [-0.1, -0.05) is 19.9 Å². The Hall–Kier alpha value is -1.45. The summed E-state index contributed by atoms with van der Waals surface area (Å²) in [6.45, 7) is 4.29. The molecule has 1 aliphatic rings. The van der Waals surface area contributed by atoms with Gasteiger partial charge in [0.1, 0.15) is 0 Å². The van der Waals surface area contributed by atoms with E-state index in [0.717, 1.165) is 6.42 Å². The van der Waals surface area contributed by atoms with Crippen molar-refractivity contribution < 1.29 is 21.6 Å². The predicted molar refractivity (Wildman–Crippen MR) is 95.7 cm³/mol. The third-order valence-corrected chi connectivity index (χ3v) is 7.94. The van der Waals surface area contributed by atoms with Crippen molar-refractivity contribution in [2.45, 2.75) is 37.6 Å². The fourth-order valence-electron chi connectivity index (χ4n) is 2.90. The van der Waals surface area contributed by atoms with Crippen LogP contribution < -0.4 is 5.32 Å². The average Bonchev–Trinajstić information content (AvgIpc) is 2.92. The number of sulfone groups is 1. The lowest BCUT2D eigenvalue weighted by molar-refractivity contribution is 0.0953. The Morgan fingerprint density at radius 3 is 2.60 bits per heavy atom. The second-order valence-corrected chi connectivity index (χ2v) is 10.2. The van der Waals surface area contributed by atoms with E-state index in [9.17, 15) is 21.6 Å². The van der Waals surface area contributed by atoms with Crippen LogP contribution >= 0.6 is 0 Å². The van der Waals surface area contributed by atoms with Crippen LogP contribution in [-0.2, 0) is 19.9 Å². The first-order valence-corrected chi connectivity index (χ1v) is 11.6. The van der Waals surface area contributed by atoms with Gasteiger partial charge in [0.2, 0.25) is 10.0 Å². The second kappa shape index (κ2) is 7.84. The highest BCUT2D eigenvalue weighted by molar-refractivity contribution is 7.92. The third-order valence-electron chi connectivity index (χ3n) is 4.17. The molecule has 1 aromatic carbocycles. The third kappa shape index (κ3) is 4.59. The summed E-state index contributed by atoms with van der Waals surface area (Å²) < 4.78 is 50.5. The first kappa shape index (κ1) is 19.9. The number of nitrogens with one attached hydrogen (secondary N) is 1. The van der Waals surface area contributed by atoms with Crippen molar-refractivity contribution in [3.05, 3.63) is 29.8 Å². The van der Waals surface area contributed by atoms with Crippen molar-refractivity contribution in [3.63, 3.8) is 0 Å². The number of nitrogens with zero attached hydrogens (tertiary/aromatic N) is 1. The largest absolute Gasteiger partial charge is 0.352 e. The Bertz CT molecular complexity index is 834. The number of hydrogen-bond acceptors (Lipinski definition) is 5. The number of rotatable bonds is 7. The van der Waals surface area contributed by atoms with E-state index >= 15 is 0 Å². The summed E-state index contributed by atoms with van der Waals surface area (Å²) in [6.07, 6.45) is 1.08. The van der Waals surface area contributed by atoms with E-state index in [4.69, 9.17) is 0 Å². The molecule has 25 heavy (non-hydrogen) atoms. The lowest BCUT2D eigenvalue weighted by Gasteiger charge is -2.26. The van der Waals surface area contributed by atoms with E-state index in [1.165, 1.54) is 22.5 Å². The van der Waals surface area contributed by atoms with Gasteiger partial charge in [-0.2, -0.15) is 4.31 Å². The smallest absolute Gasteiger partial charge is 0.251 e. The number of carbonyl (C=O) groups excluding carboxylic acids is 1. The SMILES string of the molecule is CCCNC(=O)c1cccc(S(=O)(=O)N(CC)C2CCS(=O)(=O)C2)c1. The first-order valence-electron chi connectivity index (χ1n) is 8.31. The van der Waals surface area contributed by atoms with E-state index in [1.54, 1.807) is 13.0 Å². The molecule has 1 amide bonds. The lowest BCUT2D eigenvalue weighted by atomic mass is 10.2. The zero-order chi connectivity index (χ0) is 18.7. The molecule has 0 bridgehead atoms. The van der Waals surface area contributed by atoms with Crippen molar-refractivity contribution in [2.75, 3.05) is 24.6 Å². The lowest BCUT2D eigenvalue weighted by Crippen LogP contribution is -2.41. The van der Waals surface area contributed by atoms with Crippen molar-refractivity contribution in [1.82, 2.24) is 9.62 Å². The molecule has 0 spiro atoms. The van der Waals surface area contributed by atoms with Crippen molar-refractivity contribution in [1.29, 1.82) is 0 Å². The van der Waals surface area contributed by atoms with E-state index in [1.807, 2.05) is 6.92 Å². The summed E-state index contributed by atoms with van der Waals surface area (Å²) in [5.41, 5.74) is 0.268. The minimum atomic E-state index is -3.87. The molecule has 1 fully saturated rings. The van der Waals surface area contributed by atoms with Gasteiger partial charge in [0.05, 0.1) is 16.4 Å². The fraction of sp³-hybridized carbons (Fsp3) is 0.562. The highest BCUT2D eigenvalue weighted by atomic mass is 32.2. The Labute approximate surface area is 149 Å². The molecule has 1 saturated heterocycles. The van der Waals surface area contributed by atoms with Gasteiger partial charge in [-0.3, -0.25) is 4.79 Å². The molecule has 1 N–H and O–H groups in total. The van der Waals surface area contributed by atoms with Gasteiger partial charge in [-0.25, -0.2) is 16.8 Å². The van der Waals surface area contributed by atoms with Gasteiger partial charge in [0.25, 0.3) is 5.91 Å². The van der Waals surface area contributed by atoms with Crippen LogP contribution in [0.2, 0.25) is 0 Å². The molecule has 0 saturated carbocycles. The minimum Gasteiger partial charge on any atom is -0.352 e. The maximum Gasteiger partial charge on any atom is 0.251 e. The van der Waals surface area contributed by atoms with Crippen LogP contribution in [0.25, 0.3) is 0 Å². The van der Waals surface area contributed by atoms with Crippen molar-refractivity contribution in [3.8, 4) is 0 Å². The van der Waals surface area contributed by atoms with Crippen LogP contribution in [0.4, 0.5) is 0 Å². The molecule has 2 rings (SSSR count). The quantitative estimate of drug-likeness (QED) is 0.752. The highest BCUT2D eigenvalue weighted by Crippen LogP contribution is 2.25. The number of sulfonamides is 1. The maximum atomic E-state index is 12.9. The summed E-state index contributed by atoms with van der Waals surface area (Å²) in [6, 6.07) is 5.29. The fourth-order valence-corrected chi connectivity index (χ4v) is 6.44. The molecule has 1 aliphatic heterocycles. The zero-order valence-electron chi connectivity index (χ0n) is 14.4. The minimum absolute atomic E-state index is 0.00259. The standard InChI is InChI=1S/C16H24N2O5S2/c1-3-9-17-16(19)13-6-5-7-15(11-13)25(22,23)18(4-2)14-8-10-24(20,21)12-14/h5-7,11,14H,3-4,8-10,12H2,1-2H3,(H,17,19). The van der Waals surface area contributed by atoms with Crippen molar-refractivity contribution in [2.24, 2.45) is 0 Å². The van der Waals surface area contributed by atoms with Crippen LogP contribution in [0.1, 0.15) is 37.0 Å². The number of amides is 1. The summed E-state index contributed by atoms with van der Waals surface area (Å²) in [5, 5.41) is 2.71. The van der Waals surface area contributed by atoms with E-state index in [0.29, 0.717) is 13.0 Å². The molecule has 1 aromatic rings. The molecule has 1 unspecified atom stereocenters. The number of benzene rings is 1. The molecule has 0 aliphatic carbocycles. The molecule has 140 valence electrons. The van der Waals surface area contributed by atoms with Gasteiger partial charge >= 0.3 is 0 Å². The average molecular weight is 389 g/mol. The van der Waals surface area contributed by atoms with E-state index in [-0.39, 0.29) is 34.4 Å². The Balaban J connectivity index is 2.30.